The maximum Gasteiger partial charge on any atom is 0.274 e. The van der Waals surface area contributed by atoms with Crippen molar-refractivity contribution in [2.24, 2.45) is 17.6 Å². The Kier molecular flexibility index (Phi) is 10.7. The number of fused-ring (bicyclic) bond motifs is 1. The van der Waals surface area contributed by atoms with Crippen LogP contribution in [0.1, 0.15) is 70.3 Å². The molecule has 3 aromatic rings. The summed E-state index contributed by atoms with van der Waals surface area (Å²) in [4.78, 5) is 45.1. The monoisotopic (exact) mass is 707 g/mol. The van der Waals surface area contributed by atoms with E-state index in [0.29, 0.717) is 43.8 Å². The third kappa shape index (κ3) is 8.68. The Bertz CT molecular complexity index is 1760. The second-order valence-corrected chi connectivity index (χ2v) is 16.9. The van der Waals surface area contributed by atoms with E-state index in [1.165, 1.54) is 11.3 Å². The Morgan fingerprint density at radius 3 is 2.57 bits per heavy atom. The first-order valence-electron chi connectivity index (χ1n) is 17.2. The van der Waals surface area contributed by atoms with Crippen molar-refractivity contribution in [2.75, 3.05) is 6.54 Å². The van der Waals surface area contributed by atoms with Crippen LogP contribution in [0.2, 0.25) is 0 Å². The average molecular weight is 708 g/mol. The number of nitrogens with one attached hydrogen (secondary N) is 2. The molecule has 1 aromatic heterocycles. The number of unbranched alkanes of at least 4 members (excludes halogenated alkanes) is 3. The van der Waals surface area contributed by atoms with Crippen LogP contribution in [-0.4, -0.2) is 65.5 Å². The van der Waals surface area contributed by atoms with Crippen LogP contribution in [0, 0.1) is 11.8 Å². The molecule has 3 aliphatic rings. The van der Waals surface area contributed by atoms with Gasteiger partial charge in [-0.15, -0.1) is 0 Å². The quantitative estimate of drug-likeness (QED) is 0.137. The van der Waals surface area contributed by atoms with Crippen LogP contribution < -0.4 is 20.5 Å². The predicted octanol–water partition coefficient (Wildman–Crippen LogP) is 4.43. The van der Waals surface area contributed by atoms with Crippen molar-refractivity contribution in [1.29, 1.82) is 0 Å². The van der Waals surface area contributed by atoms with Gasteiger partial charge in [-0.3, -0.25) is 19.1 Å². The summed E-state index contributed by atoms with van der Waals surface area (Å²) in [7, 11) is -3.60. The number of nitrogens with two attached hydrogens (primary N) is 1. The van der Waals surface area contributed by atoms with Crippen molar-refractivity contribution < 1.29 is 27.5 Å². The molecule has 1 saturated heterocycles. The summed E-state index contributed by atoms with van der Waals surface area (Å²) in [5.74, 6) is -1.31. The minimum atomic E-state index is -3.60. The number of nitrogens with zero attached hydrogens (tertiary/aromatic N) is 2. The summed E-state index contributed by atoms with van der Waals surface area (Å²) in [5.41, 5.74) is 7.70. The molecule has 262 valence electrons. The number of hydrogen-bond donors (Lipinski definition) is 3. The third-order valence-corrected chi connectivity index (χ3v) is 13.0. The van der Waals surface area contributed by atoms with Gasteiger partial charge in [0.05, 0.1) is 27.6 Å². The molecule has 6 rings (SSSR count). The molecule has 5 atom stereocenters. The molecule has 3 amide bonds. The minimum absolute atomic E-state index is 0.0764. The van der Waals surface area contributed by atoms with Gasteiger partial charge in [-0.2, -0.15) is 0 Å². The van der Waals surface area contributed by atoms with Crippen LogP contribution in [0.15, 0.2) is 66.7 Å². The van der Waals surface area contributed by atoms with Crippen molar-refractivity contribution in [3.05, 3.63) is 72.3 Å². The molecule has 2 aromatic carbocycles. The van der Waals surface area contributed by atoms with Crippen LogP contribution in [0.4, 0.5) is 0 Å². The Hall–Kier alpha value is -3.81. The molecule has 1 aliphatic heterocycles. The van der Waals surface area contributed by atoms with E-state index in [2.05, 4.69) is 21.1 Å². The number of thiazole rings is 1. The molecule has 0 spiro atoms. The molecule has 2 unspecified atom stereocenters. The summed E-state index contributed by atoms with van der Waals surface area (Å²) in [6.07, 6.45) is 9.90. The van der Waals surface area contributed by atoms with Crippen LogP contribution in [-0.2, 0) is 31.0 Å². The Labute approximate surface area is 291 Å². The Morgan fingerprint density at radius 1 is 1.08 bits per heavy atom. The number of aromatic nitrogens is 1. The fraction of sp³-hybridized carbons (Fsp3) is 0.500. The number of hydrogen-bond acceptors (Lipinski definition) is 9. The fourth-order valence-corrected chi connectivity index (χ4v) is 8.54. The number of ether oxygens (including phenoxy) is 1. The molecule has 11 nitrogen and oxygen atoms in total. The summed E-state index contributed by atoms with van der Waals surface area (Å²) < 4.78 is 33.4. The molecule has 0 bridgehead atoms. The van der Waals surface area contributed by atoms with E-state index in [0.717, 1.165) is 41.5 Å². The number of allylic oxidation sites excluding steroid dienone is 2. The SMILES string of the molecule is CC1(S(=O)(=O)NC(=O)[C@H]2C[C@H]2/C=C\CCCCCC(NCc2ccccc2)C(=O)N2CC(Oc3nc4ccccc4s3)C[C@H]2C(N)=O)CC1. The number of para-hydroxylation sites is 1. The number of sulfonamides is 1. The van der Waals surface area contributed by atoms with E-state index < -0.39 is 44.8 Å². The van der Waals surface area contributed by atoms with Gasteiger partial charge >= 0.3 is 0 Å². The van der Waals surface area contributed by atoms with Gasteiger partial charge in [-0.05, 0) is 69.1 Å². The third-order valence-electron chi connectivity index (χ3n) is 9.87. The topological polar surface area (TPSA) is 161 Å². The van der Waals surface area contributed by atoms with Crippen molar-refractivity contribution in [3.8, 4) is 5.19 Å². The first kappa shape index (κ1) is 35.0. The zero-order valence-corrected chi connectivity index (χ0v) is 29.4. The molecule has 2 heterocycles. The van der Waals surface area contributed by atoms with Gasteiger partial charge in [-0.1, -0.05) is 78.8 Å². The van der Waals surface area contributed by atoms with Gasteiger partial charge in [0, 0.05) is 18.9 Å². The number of carbonyl (C=O) groups excluding carboxylic acids is 3. The number of amides is 3. The number of likely N-dealkylation sites (tertiary alicyclic amines) is 1. The lowest BCUT2D eigenvalue weighted by atomic mass is 10.0. The first-order chi connectivity index (χ1) is 23.5. The van der Waals surface area contributed by atoms with Crippen molar-refractivity contribution in [2.45, 2.75) is 94.2 Å². The van der Waals surface area contributed by atoms with E-state index in [1.54, 1.807) is 11.8 Å². The highest BCUT2D eigenvalue weighted by molar-refractivity contribution is 7.91. The van der Waals surface area contributed by atoms with Crippen molar-refractivity contribution in [1.82, 2.24) is 19.9 Å². The Balaban J connectivity index is 0.993. The molecule has 3 fully saturated rings. The lowest BCUT2D eigenvalue weighted by Gasteiger charge is -2.28. The lowest BCUT2D eigenvalue weighted by Crippen LogP contribution is -2.51. The van der Waals surface area contributed by atoms with Crippen LogP contribution in [0.25, 0.3) is 10.2 Å². The van der Waals surface area contributed by atoms with Crippen molar-refractivity contribution >= 4 is 49.3 Å². The number of benzene rings is 2. The summed E-state index contributed by atoms with van der Waals surface area (Å²) in [6.45, 7) is 2.44. The van der Waals surface area contributed by atoms with E-state index in [1.807, 2.05) is 60.7 Å². The van der Waals surface area contributed by atoms with Crippen LogP contribution in [0.5, 0.6) is 5.19 Å². The van der Waals surface area contributed by atoms with Crippen LogP contribution in [0.3, 0.4) is 0 Å². The second-order valence-electron chi connectivity index (χ2n) is 13.7. The standard InChI is InChI=1S/C36H45N5O6S2/c1-36(18-19-36)49(45,46)40-33(43)27-20-25(27)14-8-3-2-4-9-16-29(38-22-24-12-6-5-7-13-24)34(44)41-23-26(21-30(41)32(37)42)47-35-39-28-15-10-11-17-31(28)48-35/h5-8,10-15,17,25-27,29-30,38H,2-4,9,16,18-23H2,1H3,(H2,37,42)(H,40,43)/b14-8-/t25-,26?,27+,29?,30+/m1/s1. The average Bonchev–Trinajstić information content (AvgIpc) is 3.94. The Morgan fingerprint density at radius 2 is 1.84 bits per heavy atom. The van der Waals surface area contributed by atoms with Gasteiger partial charge in [0.1, 0.15) is 12.1 Å². The summed E-state index contributed by atoms with van der Waals surface area (Å²) in [5, 5.41) is 3.94. The number of primary amides is 1. The second kappa shape index (κ2) is 15.0. The van der Waals surface area contributed by atoms with Gasteiger partial charge in [0.25, 0.3) is 5.19 Å². The van der Waals surface area contributed by atoms with E-state index in [4.69, 9.17) is 10.5 Å². The van der Waals surface area contributed by atoms with Gasteiger partial charge in [0.2, 0.25) is 27.7 Å². The molecule has 2 aliphatic carbocycles. The van der Waals surface area contributed by atoms with E-state index in [-0.39, 0.29) is 24.3 Å². The summed E-state index contributed by atoms with van der Waals surface area (Å²) >= 11 is 1.44. The highest BCUT2D eigenvalue weighted by atomic mass is 32.2. The van der Waals surface area contributed by atoms with Crippen LogP contribution >= 0.6 is 11.3 Å². The van der Waals surface area contributed by atoms with Gasteiger partial charge < -0.3 is 20.7 Å². The highest BCUT2D eigenvalue weighted by Gasteiger charge is 2.52. The fourth-order valence-electron chi connectivity index (χ4n) is 6.35. The molecular formula is C36H45N5O6S2. The molecular weight excluding hydrogens is 663 g/mol. The zero-order chi connectivity index (χ0) is 34.6. The summed E-state index contributed by atoms with van der Waals surface area (Å²) in [6, 6.07) is 16.4. The molecule has 0 radical (unpaired) electrons. The predicted molar refractivity (Wildman–Crippen MR) is 189 cm³/mol. The smallest absolute Gasteiger partial charge is 0.274 e. The molecule has 13 heteroatoms. The van der Waals surface area contributed by atoms with Gasteiger partial charge in [0.15, 0.2) is 0 Å². The largest absolute Gasteiger partial charge is 0.465 e. The highest BCUT2D eigenvalue weighted by Crippen LogP contribution is 2.44. The molecule has 2 saturated carbocycles. The zero-order valence-electron chi connectivity index (χ0n) is 27.8. The first-order valence-corrected chi connectivity index (χ1v) is 19.5. The normalized spacial score (nSPS) is 23.4. The molecule has 4 N–H and O–H groups in total. The number of carbonyl (C=O) groups is 3. The minimum Gasteiger partial charge on any atom is -0.465 e. The number of rotatable bonds is 17. The lowest BCUT2D eigenvalue weighted by molar-refractivity contribution is -0.139. The molecule has 49 heavy (non-hydrogen) atoms. The van der Waals surface area contributed by atoms with E-state index in [9.17, 15) is 22.8 Å². The van der Waals surface area contributed by atoms with Gasteiger partial charge in [-0.25, -0.2) is 13.4 Å². The van der Waals surface area contributed by atoms with Crippen molar-refractivity contribution in [3.63, 3.8) is 0 Å². The maximum atomic E-state index is 14.0. The maximum absolute atomic E-state index is 14.0. The van der Waals surface area contributed by atoms with E-state index >= 15 is 0 Å².